The fraction of sp³-hybridized carbons (Fsp3) is 0.300. The van der Waals surface area contributed by atoms with Crippen molar-refractivity contribution in [3.63, 3.8) is 0 Å². The summed E-state index contributed by atoms with van der Waals surface area (Å²) in [6, 6.07) is 23.0. The van der Waals surface area contributed by atoms with Gasteiger partial charge in [-0.25, -0.2) is 4.79 Å². The Hall–Kier alpha value is -4.17. The normalized spacial score (nSPS) is 20.7. The Labute approximate surface area is 221 Å². The number of hydrogen-bond acceptors (Lipinski definition) is 5. The van der Waals surface area contributed by atoms with Crippen molar-refractivity contribution in [3.05, 3.63) is 101 Å². The number of nitrogens with zero attached hydrogens (tertiary/aromatic N) is 1. The molecule has 8 heteroatoms. The van der Waals surface area contributed by atoms with Gasteiger partial charge in [0, 0.05) is 24.4 Å². The minimum atomic E-state index is -0.883. The van der Waals surface area contributed by atoms with Crippen LogP contribution in [0, 0.1) is 6.92 Å². The van der Waals surface area contributed by atoms with Crippen LogP contribution in [-0.2, 0) is 20.8 Å². The Morgan fingerprint density at radius 2 is 1.82 bits per heavy atom. The smallest absolute Gasteiger partial charge is 0.411 e. The topological polar surface area (TPSA) is 97.0 Å². The highest BCUT2D eigenvalue weighted by molar-refractivity contribution is 6.04. The number of benzene rings is 3. The van der Waals surface area contributed by atoms with Crippen molar-refractivity contribution in [1.82, 2.24) is 10.2 Å². The first-order valence-corrected chi connectivity index (χ1v) is 12.9. The Morgan fingerprint density at radius 1 is 1.00 bits per heavy atom. The van der Waals surface area contributed by atoms with Gasteiger partial charge < -0.3 is 20.1 Å². The average molecular weight is 514 g/mol. The molecule has 3 atom stereocenters. The molecular weight excluding hydrogens is 482 g/mol. The summed E-state index contributed by atoms with van der Waals surface area (Å²) >= 11 is 0. The first-order valence-electron chi connectivity index (χ1n) is 12.9. The molecule has 2 aliphatic heterocycles. The lowest BCUT2D eigenvalue weighted by Gasteiger charge is -2.25. The van der Waals surface area contributed by atoms with Gasteiger partial charge in [-0.15, -0.1) is 0 Å². The van der Waals surface area contributed by atoms with E-state index in [1.54, 1.807) is 30.3 Å². The predicted octanol–water partition coefficient (Wildman–Crippen LogP) is 4.60. The Balaban J connectivity index is 1.38. The highest BCUT2D eigenvalue weighted by Crippen LogP contribution is 2.35. The van der Waals surface area contributed by atoms with E-state index in [2.05, 4.69) is 10.6 Å². The van der Waals surface area contributed by atoms with Crippen LogP contribution in [0.4, 0.5) is 10.5 Å². The standard InChI is InChI=1S/C30H31N3O5/c1-20-8-5-12-23(16-20)28(34)32-24-13-6-11-22(17-24)27-26(29(35)31-18-25-14-7-15-37-25)33(30(36)38-27)19-21-9-3-2-4-10-21/h2-6,8-13,16-17,25-27H,7,14-15,18-19H2,1H3,(H,31,35)(H,32,34)/t25-,26+,27+/m1/s1. The van der Waals surface area contributed by atoms with E-state index < -0.39 is 18.2 Å². The molecule has 0 aromatic heterocycles. The lowest BCUT2D eigenvalue weighted by Crippen LogP contribution is -2.47. The minimum absolute atomic E-state index is 0.0295. The molecule has 196 valence electrons. The van der Waals surface area contributed by atoms with E-state index in [1.165, 1.54) is 4.90 Å². The number of cyclic esters (lactones) is 1. The van der Waals surface area contributed by atoms with E-state index in [-0.39, 0.29) is 24.5 Å². The lowest BCUT2D eigenvalue weighted by atomic mass is 10.00. The van der Waals surface area contributed by atoms with Crippen LogP contribution in [0.25, 0.3) is 0 Å². The maximum Gasteiger partial charge on any atom is 0.411 e. The van der Waals surface area contributed by atoms with Crippen LogP contribution < -0.4 is 10.6 Å². The molecule has 0 saturated carbocycles. The van der Waals surface area contributed by atoms with Crippen molar-refractivity contribution in [1.29, 1.82) is 0 Å². The molecule has 2 fully saturated rings. The van der Waals surface area contributed by atoms with Gasteiger partial charge in [-0.1, -0.05) is 60.2 Å². The molecule has 0 unspecified atom stereocenters. The molecule has 38 heavy (non-hydrogen) atoms. The summed E-state index contributed by atoms with van der Waals surface area (Å²) in [4.78, 5) is 40.8. The molecule has 5 rings (SSSR count). The SMILES string of the molecule is Cc1cccc(C(=O)Nc2cccc([C@@H]3OC(=O)N(Cc4ccccc4)[C@@H]3C(=O)NC[C@H]3CCCO3)c2)c1. The van der Waals surface area contributed by atoms with Gasteiger partial charge in [-0.05, 0) is 55.2 Å². The fourth-order valence-corrected chi connectivity index (χ4v) is 4.90. The first kappa shape index (κ1) is 25.5. The summed E-state index contributed by atoms with van der Waals surface area (Å²) in [7, 11) is 0. The van der Waals surface area contributed by atoms with Crippen LogP contribution in [0.2, 0.25) is 0 Å². The number of hydrogen-bond donors (Lipinski definition) is 2. The summed E-state index contributed by atoms with van der Waals surface area (Å²) < 4.78 is 11.4. The van der Waals surface area contributed by atoms with Gasteiger partial charge in [0.2, 0.25) is 5.91 Å². The van der Waals surface area contributed by atoms with E-state index in [9.17, 15) is 14.4 Å². The third-order valence-electron chi connectivity index (χ3n) is 6.83. The molecule has 3 aromatic carbocycles. The molecule has 3 aromatic rings. The van der Waals surface area contributed by atoms with E-state index in [0.29, 0.717) is 30.0 Å². The molecular formula is C30H31N3O5. The molecule has 8 nitrogen and oxygen atoms in total. The van der Waals surface area contributed by atoms with E-state index in [4.69, 9.17) is 9.47 Å². The van der Waals surface area contributed by atoms with Gasteiger partial charge in [0.1, 0.15) is 0 Å². The summed E-state index contributed by atoms with van der Waals surface area (Å²) in [5.74, 6) is -0.549. The van der Waals surface area contributed by atoms with E-state index in [1.807, 2.05) is 55.5 Å². The van der Waals surface area contributed by atoms with Crippen molar-refractivity contribution in [2.24, 2.45) is 0 Å². The van der Waals surface area contributed by atoms with Crippen LogP contribution in [0.3, 0.4) is 0 Å². The van der Waals surface area contributed by atoms with Crippen molar-refractivity contribution < 1.29 is 23.9 Å². The Kier molecular flexibility index (Phi) is 7.70. The fourth-order valence-electron chi connectivity index (χ4n) is 4.90. The van der Waals surface area contributed by atoms with Crippen LogP contribution in [0.15, 0.2) is 78.9 Å². The van der Waals surface area contributed by atoms with Gasteiger partial charge >= 0.3 is 6.09 Å². The van der Waals surface area contributed by atoms with E-state index in [0.717, 1.165) is 24.0 Å². The van der Waals surface area contributed by atoms with Crippen LogP contribution in [0.5, 0.6) is 0 Å². The zero-order valence-corrected chi connectivity index (χ0v) is 21.3. The zero-order chi connectivity index (χ0) is 26.5. The summed E-state index contributed by atoms with van der Waals surface area (Å²) in [6.45, 7) is 3.23. The number of carbonyl (C=O) groups excluding carboxylic acids is 3. The first-order chi connectivity index (χ1) is 18.5. The number of anilines is 1. The van der Waals surface area contributed by atoms with Crippen LogP contribution in [0.1, 0.15) is 46.0 Å². The third-order valence-corrected chi connectivity index (χ3v) is 6.83. The molecule has 0 radical (unpaired) electrons. The number of rotatable bonds is 8. The van der Waals surface area contributed by atoms with E-state index >= 15 is 0 Å². The average Bonchev–Trinajstić information content (AvgIpc) is 3.56. The Bertz CT molecular complexity index is 1310. The van der Waals surface area contributed by atoms with Crippen LogP contribution in [-0.4, -0.2) is 48.1 Å². The number of aryl methyl sites for hydroxylation is 1. The third kappa shape index (κ3) is 5.86. The summed E-state index contributed by atoms with van der Waals surface area (Å²) in [5.41, 5.74) is 3.59. The zero-order valence-electron chi connectivity index (χ0n) is 21.3. The predicted molar refractivity (Wildman–Crippen MR) is 143 cm³/mol. The summed E-state index contributed by atoms with van der Waals surface area (Å²) in [5, 5.41) is 5.88. The highest BCUT2D eigenvalue weighted by atomic mass is 16.6. The molecule has 2 aliphatic rings. The number of amides is 3. The van der Waals surface area contributed by atoms with Gasteiger partial charge in [-0.3, -0.25) is 14.5 Å². The monoisotopic (exact) mass is 513 g/mol. The number of nitrogens with one attached hydrogen (secondary N) is 2. The number of ether oxygens (including phenoxy) is 2. The molecule has 0 bridgehead atoms. The Morgan fingerprint density at radius 3 is 2.58 bits per heavy atom. The van der Waals surface area contributed by atoms with Gasteiger partial charge in [0.25, 0.3) is 5.91 Å². The molecule has 2 heterocycles. The van der Waals surface area contributed by atoms with Crippen molar-refractivity contribution in [3.8, 4) is 0 Å². The molecule has 0 aliphatic carbocycles. The van der Waals surface area contributed by atoms with Crippen LogP contribution >= 0.6 is 0 Å². The minimum Gasteiger partial charge on any atom is -0.438 e. The molecule has 2 N–H and O–H groups in total. The second-order valence-corrected chi connectivity index (χ2v) is 9.69. The second kappa shape index (κ2) is 11.5. The van der Waals surface area contributed by atoms with Gasteiger partial charge in [0.05, 0.1) is 12.6 Å². The van der Waals surface area contributed by atoms with Gasteiger partial charge in [-0.2, -0.15) is 0 Å². The maximum atomic E-state index is 13.5. The second-order valence-electron chi connectivity index (χ2n) is 9.69. The molecule has 0 spiro atoms. The maximum absolute atomic E-state index is 13.5. The molecule has 2 saturated heterocycles. The summed E-state index contributed by atoms with van der Waals surface area (Å²) in [6.07, 6.45) is 0.422. The van der Waals surface area contributed by atoms with Crippen molar-refractivity contribution >= 4 is 23.6 Å². The lowest BCUT2D eigenvalue weighted by molar-refractivity contribution is -0.126. The van der Waals surface area contributed by atoms with Crippen molar-refractivity contribution in [2.75, 3.05) is 18.5 Å². The molecule has 3 amide bonds. The quantitative estimate of drug-likeness (QED) is 0.459. The van der Waals surface area contributed by atoms with Gasteiger partial charge in [0.15, 0.2) is 12.1 Å². The largest absolute Gasteiger partial charge is 0.438 e. The highest BCUT2D eigenvalue weighted by Gasteiger charge is 2.47. The van der Waals surface area contributed by atoms with Crippen molar-refractivity contribution in [2.45, 2.75) is 44.6 Å². The number of carbonyl (C=O) groups is 3.